The predicted molar refractivity (Wildman–Crippen MR) is 89.9 cm³/mol. The average Bonchev–Trinajstić information content (AvgIpc) is 3.05. The Kier molecular flexibility index (Phi) is 6.99. The van der Waals surface area contributed by atoms with E-state index in [2.05, 4.69) is 4.98 Å². The molecule has 1 aliphatic rings. The number of ketones is 1. The van der Waals surface area contributed by atoms with E-state index in [1.54, 1.807) is 6.20 Å². The van der Waals surface area contributed by atoms with Crippen molar-refractivity contribution in [2.45, 2.75) is 32.7 Å². The van der Waals surface area contributed by atoms with E-state index in [0.717, 1.165) is 6.42 Å². The highest BCUT2D eigenvalue weighted by molar-refractivity contribution is 7.11. The zero-order chi connectivity index (χ0) is 18.3. The quantitative estimate of drug-likeness (QED) is 0.692. The van der Waals surface area contributed by atoms with Crippen LogP contribution in [0.2, 0.25) is 0 Å². The molecule has 0 aromatic carbocycles. The van der Waals surface area contributed by atoms with Crippen LogP contribution in [-0.2, 0) is 9.59 Å². The van der Waals surface area contributed by atoms with Crippen LogP contribution in [0.15, 0.2) is 35.4 Å². The van der Waals surface area contributed by atoms with E-state index in [0.29, 0.717) is 11.4 Å². The summed E-state index contributed by atoms with van der Waals surface area (Å²) < 4.78 is 0. The first kappa shape index (κ1) is 19.7. The molecule has 1 aliphatic carbocycles. The highest BCUT2D eigenvalue weighted by Gasteiger charge is 2.42. The van der Waals surface area contributed by atoms with Gasteiger partial charge in [-0.2, -0.15) is 0 Å². The Morgan fingerprint density at radius 1 is 1.38 bits per heavy atom. The molecule has 1 aromatic rings. The van der Waals surface area contributed by atoms with Gasteiger partial charge < -0.3 is 15.9 Å². The third kappa shape index (κ3) is 4.59. The topological polar surface area (TPSA) is 131 Å². The Morgan fingerprint density at radius 3 is 2.50 bits per heavy atom. The van der Waals surface area contributed by atoms with Gasteiger partial charge in [-0.25, -0.2) is 9.78 Å². The van der Waals surface area contributed by atoms with Crippen LogP contribution in [0.1, 0.15) is 36.5 Å². The minimum atomic E-state index is -1.34. The molecule has 0 bridgehead atoms. The summed E-state index contributed by atoms with van der Waals surface area (Å²) in [6, 6.07) is -1.03. The van der Waals surface area contributed by atoms with Crippen LogP contribution in [0.4, 0.5) is 0 Å². The molecular weight excluding hydrogens is 332 g/mol. The number of aromatic nitrogens is 1. The Morgan fingerprint density at radius 2 is 2.04 bits per heavy atom. The highest BCUT2D eigenvalue weighted by Crippen LogP contribution is 2.30. The molecule has 1 heterocycles. The number of hydrogen-bond acceptors (Lipinski definition) is 6. The molecule has 0 aliphatic heterocycles. The summed E-state index contributed by atoms with van der Waals surface area (Å²) in [5.74, 6) is -2.15. The second-order valence-electron chi connectivity index (χ2n) is 5.36. The van der Waals surface area contributed by atoms with E-state index in [1.807, 2.05) is 12.3 Å². The van der Waals surface area contributed by atoms with E-state index < -0.39 is 23.4 Å². The lowest BCUT2D eigenvalue weighted by atomic mass is 9.76. The molecule has 1 aromatic heterocycles. The Hall–Kier alpha value is -2.32. The molecule has 130 valence electrons. The first-order valence-corrected chi connectivity index (χ1v) is 8.16. The minimum absolute atomic E-state index is 0.0857. The molecule has 0 amide bonds. The van der Waals surface area contributed by atoms with E-state index >= 15 is 0 Å². The molecule has 0 fully saturated rings. The number of hydrogen-bond donors (Lipinski definition) is 3. The van der Waals surface area contributed by atoms with Gasteiger partial charge in [0.15, 0.2) is 10.8 Å². The fraction of sp³-hybridized carbons (Fsp3) is 0.375. The van der Waals surface area contributed by atoms with Gasteiger partial charge in [-0.3, -0.25) is 9.59 Å². The number of nitrogens with two attached hydrogens (primary N) is 1. The summed E-state index contributed by atoms with van der Waals surface area (Å²) in [6.45, 7) is 3.39. The summed E-state index contributed by atoms with van der Waals surface area (Å²) in [4.78, 5) is 36.6. The van der Waals surface area contributed by atoms with E-state index in [9.17, 15) is 14.4 Å². The maximum absolute atomic E-state index is 11.1. The number of aliphatic carboxylic acids is 2. The lowest BCUT2D eigenvalue weighted by Gasteiger charge is -2.30. The number of thiazole rings is 1. The number of allylic oxidation sites excluding steroid dienone is 2. The fourth-order valence-corrected chi connectivity index (χ4v) is 2.59. The van der Waals surface area contributed by atoms with Crippen LogP contribution < -0.4 is 5.73 Å². The van der Waals surface area contributed by atoms with Crippen molar-refractivity contribution in [2.24, 2.45) is 11.1 Å². The molecule has 1 unspecified atom stereocenters. The number of rotatable bonds is 5. The first-order valence-electron chi connectivity index (χ1n) is 7.28. The van der Waals surface area contributed by atoms with Crippen LogP contribution >= 0.6 is 11.3 Å². The van der Waals surface area contributed by atoms with Gasteiger partial charge in [0.05, 0.1) is 11.6 Å². The van der Waals surface area contributed by atoms with Crippen molar-refractivity contribution in [1.82, 2.24) is 4.98 Å². The predicted octanol–water partition coefficient (Wildman–Crippen LogP) is 2.11. The number of carboxylic acids is 2. The highest BCUT2D eigenvalue weighted by atomic mass is 32.1. The monoisotopic (exact) mass is 352 g/mol. The van der Waals surface area contributed by atoms with Crippen LogP contribution in [0.25, 0.3) is 0 Å². The molecular formula is C16H20N2O5S. The molecule has 0 spiro atoms. The summed E-state index contributed by atoms with van der Waals surface area (Å²) in [5.41, 5.74) is 4.15. The van der Waals surface area contributed by atoms with Gasteiger partial charge in [-0.05, 0) is 13.3 Å². The third-order valence-corrected chi connectivity index (χ3v) is 4.37. The lowest BCUT2D eigenvalue weighted by molar-refractivity contribution is -0.146. The molecule has 8 heteroatoms. The average molecular weight is 352 g/mol. The van der Waals surface area contributed by atoms with Crippen molar-refractivity contribution in [3.63, 3.8) is 0 Å². The number of Topliss-reactive ketones (excluding diaryl/α,β-unsaturated/α-hetero) is 1. The number of nitrogens with zero attached hydrogens (tertiary/aromatic N) is 1. The molecule has 0 radical (unpaired) electrons. The number of carbonyl (C=O) groups excluding carboxylic acids is 1. The summed E-state index contributed by atoms with van der Waals surface area (Å²) >= 11 is 1.41. The number of carboxylic acid groups (broad SMARTS) is 2. The molecule has 24 heavy (non-hydrogen) atoms. The Labute approximate surface area is 143 Å². The fourth-order valence-electron chi connectivity index (χ4n) is 1.99. The van der Waals surface area contributed by atoms with Crippen molar-refractivity contribution in [3.8, 4) is 0 Å². The van der Waals surface area contributed by atoms with Crippen molar-refractivity contribution >= 4 is 29.1 Å². The van der Waals surface area contributed by atoms with Gasteiger partial charge in [-0.15, -0.1) is 11.3 Å². The van der Waals surface area contributed by atoms with Crippen molar-refractivity contribution in [1.29, 1.82) is 0 Å². The normalized spacial score (nSPS) is 22.1. The van der Waals surface area contributed by atoms with Crippen LogP contribution in [-0.4, -0.2) is 39.0 Å². The lowest BCUT2D eigenvalue weighted by Crippen LogP contribution is -2.48. The van der Waals surface area contributed by atoms with Crippen LogP contribution in [0.5, 0.6) is 0 Å². The van der Waals surface area contributed by atoms with Gasteiger partial charge >= 0.3 is 11.9 Å². The van der Waals surface area contributed by atoms with Gasteiger partial charge in [0.2, 0.25) is 0 Å². The molecule has 0 saturated heterocycles. The summed E-state index contributed by atoms with van der Waals surface area (Å²) in [7, 11) is 0. The van der Waals surface area contributed by atoms with Gasteiger partial charge in [0.1, 0.15) is 5.41 Å². The van der Waals surface area contributed by atoms with Crippen molar-refractivity contribution in [3.05, 3.63) is 40.4 Å². The van der Waals surface area contributed by atoms with Crippen molar-refractivity contribution in [2.75, 3.05) is 0 Å². The van der Waals surface area contributed by atoms with E-state index in [-0.39, 0.29) is 11.4 Å². The smallest absolute Gasteiger partial charge is 0.333 e. The van der Waals surface area contributed by atoms with E-state index in [4.69, 9.17) is 15.9 Å². The Bertz CT molecular complexity index is 666. The molecule has 0 saturated carbocycles. The second-order valence-corrected chi connectivity index (χ2v) is 6.26. The maximum atomic E-state index is 11.1. The van der Waals surface area contributed by atoms with Gasteiger partial charge in [0, 0.05) is 18.0 Å². The standard InChI is InChI=1S/C9H11NO4.C7H9NOS/c1-9(8(13)14)4-2-3-5(6(9)10)7(11)12;1-2-3-6(9)7-8-4-5-10-7/h2-4,6H,10H2,1H3,(H,11,12)(H,13,14);4-5H,2-3H2,1H3/t6-,9?;/m0./s1. The zero-order valence-electron chi connectivity index (χ0n) is 13.4. The van der Waals surface area contributed by atoms with E-state index in [1.165, 1.54) is 36.5 Å². The van der Waals surface area contributed by atoms with Crippen molar-refractivity contribution < 1.29 is 24.6 Å². The minimum Gasteiger partial charge on any atom is -0.481 e. The van der Waals surface area contributed by atoms with Crippen LogP contribution in [0, 0.1) is 5.41 Å². The maximum Gasteiger partial charge on any atom is 0.333 e. The largest absolute Gasteiger partial charge is 0.481 e. The Balaban J connectivity index is 0.000000254. The second kappa shape index (κ2) is 8.51. The molecule has 4 N–H and O–H groups in total. The van der Waals surface area contributed by atoms with Gasteiger partial charge in [0.25, 0.3) is 0 Å². The molecule has 7 nitrogen and oxygen atoms in total. The first-order chi connectivity index (χ1) is 11.2. The summed E-state index contributed by atoms with van der Waals surface area (Å²) in [6.07, 6.45) is 7.30. The van der Waals surface area contributed by atoms with Gasteiger partial charge in [-0.1, -0.05) is 25.2 Å². The summed E-state index contributed by atoms with van der Waals surface area (Å²) in [5, 5.41) is 20.1. The number of carbonyl (C=O) groups is 3. The molecule has 2 atom stereocenters. The molecule has 2 rings (SSSR count). The van der Waals surface area contributed by atoms with Crippen LogP contribution in [0.3, 0.4) is 0 Å². The third-order valence-electron chi connectivity index (χ3n) is 3.56. The SMILES string of the molecule is CC1(C(=O)O)C=CC=C(C(=O)O)[C@@H]1N.CCCC(=O)c1nccs1. The zero-order valence-corrected chi connectivity index (χ0v) is 14.2.